The van der Waals surface area contributed by atoms with E-state index in [1.54, 1.807) is 7.11 Å². The van der Waals surface area contributed by atoms with Crippen molar-refractivity contribution < 1.29 is 9.84 Å². The summed E-state index contributed by atoms with van der Waals surface area (Å²) >= 11 is 0. The van der Waals surface area contributed by atoms with Gasteiger partial charge >= 0.3 is 0 Å². The summed E-state index contributed by atoms with van der Waals surface area (Å²) in [6.07, 6.45) is 1.96. The molecule has 0 spiro atoms. The number of rotatable bonds is 8. The van der Waals surface area contributed by atoms with Crippen molar-refractivity contribution in [3.05, 3.63) is 48.3 Å². The highest BCUT2D eigenvalue weighted by Crippen LogP contribution is 2.08. The molecular weight excluding hydrogens is 254 g/mol. The normalized spacial score (nSPS) is 11.2. The largest absolute Gasteiger partial charge is 0.395 e. The highest BCUT2D eigenvalue weighted by molar-refractivity contribution is 5.30. The van der Waals surface area contributed by atoms with Crippen LogP contribution < -0.4 is 0 Å². The molecule has 5 nitrogen and oxygen atoms in total. The van der Waals surface area contributed by atoms with Gasteiger partial charge in [-0.3, -0.25) is 4.90 Å². The van der Waals surface area contributed by atoms with Gasteiger partial charge in [0.2, 0.25) is 0 Å². The van der Waals surface area contributed by atoms with Crippen molar-refractivity contribution in [3.63, 3.8) is 0 Å². The molecule has 20 heavy (non-hydrogen) atoms. The molecule has 0 aliphatic rings. The van der Waals surface area contributed by atoms with Crippen molar-refractivity contribution in [1.82, 2.24) is 14.7 Å². The maximum atomic E-state index is 9.09. The molecule has 1 N–H and O–H groups in total. The standard InChI is InChI=1S/C15H21N3O2/c1-20-12-10-17(9-11-19)13-14-7-8-18(16-14)15-5-3-2-4-6-15/h2-8,19H,9-13H2,1H3. The van der Waals surface area contributed by atoms with Gasteiger partial charge in [0.25, 0.3) is 0 Å². The minimum atomic E-state index is 0.142. The van der Waals surface area contributed by atoms with Gasteiger partial charge in [-0.2, -0.15) is 5.10 Å². The number of aromatic nitrogens is 2. The second-order valence-electron chi connectivity index (χ2n) is 4.58. The van der Waals surface area contributed by atoms with Crippen LogP contribution in [0.25, 0.3) is 5.69 Å². The maximum absolute atomic E-state index is 9.09. The molecule has 0 fully saturated rings. The summed E-state index contributed by atoms with van der Waals surface area (Å²) in [5.41, 5.74) is 2.03. The van der Waals surface area contributed by atoms with Gasteiger partial charge in [-0.25, -0.2) is 4.68 Å². The summed E-state index contributed by atoms with van der Waals surface area (Å²) in [7, 11) is 1.68. The minimum Gasteiger partial charge on any atom is -0.395 e. The van der Waals surface area contributed by atoms with E-state index in [9.17, 15) is 0 Å². The summed E-state index contributed by atoms with van der Waals surface area (Å²) in [6, 6.07) is 12.0. The first-order valence-corrected chi connectivity index (χ1v) is 6.75. The predicted molar refractivity (Wildman–Crippen MR) is 77.8 cm³/mol. The lowest BCUT2D eigenvalue weighted by molar-refractivity contribution is 0.126. The average molecular weight is 275 g/mol. The zero-order valence-corrected chi connectivity index (χ0v) is 11.8. The Bertz CT molecular complexity index is 499. The van der Waals surface area contributed by atoms with E-state index < -0.39 is 0 Å². The highest BCUT2D eigenvalue weighted by Gasteiger charge is 2.08. The van der Waals surface area contributed by atoms with Crippen LogP contribution in [0, 0.1) is 0 Å². The number of para-hydroxylation sites is 1. The topological polar surface area (TPSA) is 50.5 Å². The molecule has 2 aromatic rings. The first kappa shape index (κ1) is 14.7. The lowest BCUT2D eigenvalue weighted by atomic mass is 10.3. The Morgan fingerprint density at radius 1 is 1.20 bits per heavy atom. The third kappa shape index (κ3) is 4.16. The number of hydrogen-bond acceptors (Lipinski definition) is 4. The van der Waals surface area contributed by atoms with Crippen LogP contribution in [0.15, 0.2) is 42.6 Å². The van der Waals surface area contributed by atoms with Crippen molar-refractivity contribution >= 4 is 0 Å². The fraction of sp³-hybridized carbons (Fsp3) is 0.400. The number of aliphatic hydroxyl groups excluding tert-OH is 1. The Morgan fingerprint density at radius 3 is 2.70 bits per heavy atom. The van der Waals surface area contributed by atoms with Gasteiger partial charge in [0.1, 0.15) is 0 Å². The van der Waals surface area contributed by atoms with Crippen molar-refractivity contribution in [2.45, 2.75) is 6.54 Å². The van der Waals surface area contributed by atoms with Crippen molar-refractivity contribution in [3.8, 4) is 5.69 Å². The first-order valence-electron chi connectivity index (χ1n) is 6.75. The fourth-order valence-corrected chi connectivity index (χ4v) is 2.03. The van der Waals surface area contributed by atoms with E-state index in [4.69, 9.17) is 9.84 Å². The maximum Gasteiger partial charge on any atom is 0.0769 e. The Morgan fingerprint density at radius 2 is 2.00 bits per heavy atom. The molecule has 1 heterocycles. The molecule has 0 unspecified atom stereocenters. The van der Waals surface area contributed by atoms with Crippen LogP contribution in [-0.2, 0) is 11.3 Å². The van der Waals surface area contributed by atoms with Gasteiger partial charge < -0.3 is 9.84 Å². The van der Waals surface area contributed by atoms with Crippen LogP contribution in [0.2, 0.25) is 0 Å². The number of methoxy groups -OCH3 is 1. The number of hydrogen-bond donors (Lipinski definition) is 1. The van der Waals surface area contributed by atoms with Crippen LogP contribution >= 0.6 is 0 Å². The Labute approximate surface area is 119 Å². The highest BCUT2D eigenvalue weighted by atomic mass is 16.5. The van der Waals surface area contributed by atoms with Crippen LogP contribution in [0.4, 0.5) is 0 Å². The monoisotopic (exact) mass is 275 g/mol. The quantitative estimate of drug-likeness (QED) is 0.789. The molecule has 0 atom stereocenters. The smallest absolute Gasteiger partial charge is 0.0769 e. The van der Waals surface area contributed by atoms with Gasteiger partial charge in [0.15, 0.2) is 0 Å². The number of ether oxygens (including phenoxy) is 1. The third-order valence-electron chi connectivity index (χ3n) is 3.08. The minimum absolute atomic E-state index is 0.142. The van der Waals surface area contributed by atoms with Gasteiger partial charge in [0.05, 0.1) is 24.6 Å². The van der Waals surface area contributed by atoms with Crippen LogP contribution in [0.1, 0.15) is 5.69 Å². The SMILES string of the molecule is COCCN(CCO)Cc1ccn(-c2ccccc2)n1. The van der Waals surface area contributed by atoms with Gasteiger partial charge in [0, 0.05) is 32.9 Å². The van der Waals surface area contributed by atoms with Crippen molar-refractivity contribution in [2.75, 3.05) is 33.4 Å². The van der Waals surface area contributed by atoms with Crippen LogP contribution in [-0.4, -0.2) is 53.2 Å². The third-order valence-corrected chi connectivity index (χ3v) is 3.08. The van der Waals surface area contributed by atoms with Gasteiger partial charge in [-0.1, -0.05) is 18.2 Å². The van der Waals surface area contributed by atoms with Gasteiger partial charge in [-0.15, -0.1) is 0 Å². The zero-order chi connectivity index (χ0) is 14.2. The molecule has 0 bridgehead atoms. The summed E-state index contributed by atoms with van der Waals surface area (Å²) in [6.45, 7) is 2.92. The number of benzene rings is 1. The van der Waals surface area contributed by atoms with E-state index in [1.807, 2.05) is 47.3 Å². The molecule has 108 valence electrons. The molecule has 0 aliphatic heterocycles. The first-order chi connectivity index (χ1) is 9.83. The molecule has 1 aromatic heterocycles. The lowest BCUT2D eigenvalue weighted by Gasteiger charge is -2.19. The van der Waals surface area contributed by atoms with E-state index >= 15 is 0 Å². The molecule has 0 saturated heterocycles. The van der Waals surface area contributed by atoms with Crippen molar-refractivity contribution in [2.24, 2.45) is 0 Å². The molecular formula is C15H21N3O2. The zero-order valence-electron chi connectivity index (χ0n) is 11.8. The Kier molecular flexibility index (Phi) is 5.73. The molecule has 0 amide bonds. The molecule has 0 radical (unpaired) electrons. The summed E-state index contributed by atoms with van der Waals surface area (Å²) in [4.78, 5) is 2.13. The van der Waals surface area contributed by atoms with E-state index in [2.05, 4.69) is 10.00 Å². The van der Waals surface area contributed by atoms with E-state index in [-0.39, 0.29) is 6.61 Å². The second-order valence-corrected chi connectivity index (χ2v) is 4.58. The fourth-order valence-electron chi connectivity index (χ4n) is 2.03. The molecule has 2 rings (SSSR count). The Balaban J connectivity index is 2.00. The second kappa shape index (κ2) is 7.79. The van der Waals surface area contributed by atoms with Crippen LogP contribution in [0.3, 0.4) is 0 Å². The summed E-state index contributed by atoms with van der Waals surface area (Å²) in [5.74, 6) is 0. The van der Waals surface area contributed by atoms with Crippen LogP contribution in [0.5, 0.6) is 0 Å². The molecule has 0 aliphatic carbocycles. The average Bonchev–Trinajstić information content (AvgIpc) is 2.94. The predicted octanol–water partition coefficient (Wildman–Crippen LogP) is 1.31. The van der Waals surface area contributed by atoms with Crippen molar-refractivity contribution in [1.29, 1.82) is 0 Å². The van der Waals surface area contributed by atoms with E-state index in [0.717, 1.165) is 17.9 Å². The number of nitrogens with zero attached hydrogens (tertiary/aromatic N) is 3. The summed E-state index contributed by atoms with van der Waals surface area (Å²) in [5, 5.41) is 13.7. The van der Waals surface area contributed by atoms with E-state index in [0.29, 0.717) is 19.7 Å². The summed E-state index contributed by atoms with van der Waals surface area (Å²) < 4.78 is 6.95. The number of aliphatic hydroxyl groups is 1. The molecule has 0 saturated carbocycles. The molecule has 1 aromatic carbocycles. The lowest BCUT2D eigenvalue weighted by Crippen LogP contribution is -2.30. The Hall–Kier alpha value is -1.69. The van der Waals surface area contributed by atoms with E-state index in [1.165, 1.54) is 0 Å². The molecule has 5 heteroatoms. The van der Waals surface area contributed by atoms with Gasteiger partial charge in [-0.05, 0) is 18.2 Å².